The minimum Gasteiger partial charge on any atom is -0.383 e. The van der Waals surface area contributed by atoms with Gasteiger partial charge in [-0.15, -0.1) is 11.3 Å². The number of hydrogen-bond donors (Lipinski definition) is 0. The Kier molecular flexibility index (Phi) is 6.20. The maximum absolute atomic E-state index is 13.7. The second-order valence-corrected chi connectivity index (χ2v) is 8.76. The Bertz CT molecular complexity index is 1090. The lowest BCUT2D eigenvalue weighted by Crippen LogP contribution is -2.49. The fourth-order valence-electron chi connectivity index (χ4n) is 3.46. The highest BCUT2D eigenvalue weighted by Crippen LogP contribution is 2.35. The average Bonchev–Trinajstić information content (AvgIpc) is 3.37. The predicted octanol–water partition coefficient (Wildman–Crippen LogP) is 3.53. The average molecular weight is 474 g/mol. The summed E-state index contributed by atoms with van der Waals surface area (Å²) in [5, 5.41) is 3.83. The lowest BCUT2D eigenvalue weighted by atomic mass is 10.2. The number of carbonyl (C=O) groups is 1. The molecule has 12 heteroatoms. The number of fused-ring (bicyclic) bond motifs is 1. The number of halogens is 4. The van der Waals surface area contributed by atoms with E-state index in [0.29, 0.717) is 46.5 Å². The van der Waals surface area contributed by atoms with Crippen LogP contribution in [0.25, 0.3) is 16.2 Å². The van der Waals surface area contributed by atoms with Crippen LogP contribution in [0.3, 0.4) is 0 Å². The molecular formula is C19H19ClF3N5O2S. The van der Waals surface area contributed by atoms with Crippen molar-refractivity contribution in [1.82, 2.24) is 24.4 Å². The van der Waals surface area contributed by atoms with Crippen molar-refractivity contribution >= 4 is 34.5 Å². The van der Waals surface area contributed by atoms with Crippen LogP contribution in [0.15, 0.2) is 24.4 Å². The second-order valence-electron chi connectivity index (χ2n) is 7.05. The lowest BCUT2D eigenvalue weighted by molar-refractivity contribution is -0.142. The molecular weight excluding hydrogens is 455 g/mol. The molecule has 4 rings (SSSR count). The van der Waals surface area contributed by atoms with Crippen molar-refractivity contribution < 1.29 is 22.7 Å². The Morgan fingerprint density at radius 1 is 1.26 bits per heavy atom. The number of amides is 1. The van der Waals surface area contributed by atoms with Crippen LogP contribution >= 0.6 is 22.9 Å². The molecule has 0 aliphatic carbocycles. The number of piperazine rings is 1. The van der Waals surface area contributed by atoms with Crippen molar-refractivity contribution in [2.75, 3.05) is 46.4 Å². The first kappa shape index (κ1) is 22.0. The molecule has 0 bridgehead atoms. The summed E-state index contributed by atoms with van der Waals surface area (Å²) in [5.41, 5.74) is -0.988. The van der Waals surface area contributed by atoms with Crippen LogP contribution in [0.1, 0.15) is 16.1 Å². The van der Waals surface area contributed by atoms with E-state index in [1.807, 2.05) is 0 Å². The standard InChI is InChI=1S/C19H19ClF3N5O2S/c1-30-9-8-26-4-6-27(7-5-26)18(29)12-11-24-28-15(19(21,22)23)10-13(25-17(12)28)14-2-3-16(20)31-14/h2-3,10-11H,4-9H2,1H3. The molecule has 0 aromatic carbocycles. The lowest BCUT2D eigenvalue weighted by Gasteiger charge is -2.34. The number of methoxy groups -OCH3 is 1. The van der Waals surface area contributed by atoms with Gasteiger partial charge in [-0.05, 0) is 18.2 Å². The van der Waals surface area contributed by atoms with Crippen LogP contribution in [0, 0.1) is 0 Å². The number of hydrogen-bond acceptors (Lipinski definition) is 6. The number of alkyl halides is 3. The van der Waals surface area contributed by atoms with Crippen LogP contribution in [0.4, 0.5) is 13.2 Å². The van der Waals surface area contributed by atoms with Gasteiger partial charge in [-0.3, -0.25) is 9.69 Å². The molecule has 4 heterocycles. The minimum atomic E-state index is -4.67. The summed E-state index contributed by atoms with van der Waals surface area (Å²) >= 11 is 7.06. The maximum atomic E-state index is 13.7. The fourth-order valence-corrected chi connectivity index (χ4v) is 4.46. The van der Waals surface area contributed by atoms with Crippen molar-refractivity contribution in [2.24, 2.45) is 0 Å². The molecule has 0 saturated carbocycles. The van der Waals surface area contributed by atoms with E-state index < -0.39 is 11.9 Å². The zero-order valence-corrected chi connectivity index (χ0v) is 18.1. The molecule has 3 aromatic rings. The number of rotatable bonds is 5. The molecule has 0 radical (unpaired) electrons. The van der Waals surface area contributed by atoms with E-state index in [4.69, 9.17) is 16.3 Å². The molecule has 7 nitrogen and oxygen atoms in total. The van der Waals surface area contributed by atoms with E-state index in [1.165, 1.54) is 0 Å². The van der Waals surface area contributed by atoms with E-state index in [1.54, 1.807) is 24.1 Å². The third-order valence-electron chi connectivity index (χ3n) is 5.09. The van der Waals surface area contributed by atoms with Crippen molar-refractivity contribution in [1.29, 1.82) is 0 Å². The number of carbonyl (C=O) groups excluding carboxylic acids is 1. The summed E-state index contributed by atoms with van der Waals surface area (Å²) in [5.74, 6) is -0.386. The summed E-state index contributed by atoms with van der Waals surface area (Å²) < 4.78 is 47.3. The number of ether oxygens (including phenoxy) is 1. The third-order valence-corrected chi connectivity index (χ3v) is 6.34. The highest BCUT2D eigenvalue weighted by molar-refractivity contribution is 7.19. The highest BCUT2D eigenvalue weighted by Gasteiger charge is 2.36. The third kappa shape index (κ3) is 4.54. The SMILES string of the molecule is COCCN1CCN(C(=O)c2cnn3c(C(F)(F)F)cc(-c4ccc(Cl)s4)nc23)CC1. The van der Waals surface area contributed by atoms with E-state index in [0.717, 1.165) is 30.1 Å². The Labute approximate surface area is 185 Å². The molecule has 1 aliphatic heterocycles. The van der Waals surface area contributed by atoms with Crippen LogP contribution < -0.4 is 0 Å². The summed E-state index contributed by atoms with van der Waals surface area (Å²) in [4.78, 5) is 21.7. The molecule has 1 aliphatic rings. The van der Waals surface area contributed by atoms with Gasteiger partial charge < -0.3 is 9.64 Å². The molecule has 1 saturated heterocycles. The molecule has 0 spiro atoms. The van der Waals surface area contributed by atoms with Gasteiger partial charge in [0.15, 0.2) is 11.3 Å². The first-order valence-electron chi connectivity index (χ1n) is 9.50. The number of aromatic nitrogens is 3. The smallest absolute Gasteiger partial charge is 0.383 e. The molecule has 1 fully saturated rings. The fraction of sp³-hybridized carbons (Fsp3) is 0.421. The summed E-state index contributed by atoms with van der Waals surface area (Å²) in [6, 6.07) is 4.11. The van der Waals surface area contributed by atoms with Crippen LogP contribution in [0.5, 0.6) is 0 Å². The van der Waals surface area contributed by atoms with Gasteiger partial charge >= 0.3 is 6.18 Å². The Balaban J connectivity index is 1.68. The number of thiophene rings is 1. The molecule has 3 aromatic heterocycles. The van der Waals surface area contributed by atoms with E-state index >= 15 is 0 Å². The van der Waals surface area contributed by atoms with Gasteiger partial charge in [0, 0.05) is 39.8 Å². The van der Waals surface area contributed by atoms with Crippen molar-refractivity contribution in [3.63, 3.8) is 0 Å². The van der Waals surface area contributed by atoms with Crippen molar-refractivity contribution in [2.45, 2.75) is 6.18 Å². The normalized spacial score (nSPS) is 15.7. The Morgan fingerprint density at radius 2 is 2.00 bits per heavy atom. The first-order valence-corrected chi connectivity index (χ1v) is 10.7. The Morgan fingerprint density at radius 3 is 2.61 bits per heavy atom. The van der Waals surface area contributed by atoms with Gasteiger partial charge in [-0.2, -0.15) is 18.3 Å². The van der Waals surface area contributed by atoms with Crippen molar-refractivity contribution in [3.05, 3.63) is 40.0 Å². The van der Waals surface area contributed by atoms with Gasteiger partial charge in [0.25, 0.3) is 5.91 Å². The molecule has 0 N–H and O–H groups in total. The molecule has 166 valence electrons. The quantitative estimate of drug-likeness (QED) is 0.567. The van der Waals surface area contributed by atoms with Crippen LogP contribution in [-0.2, 0) is 10.9 Å². The summed E-state index contributed by atoms with van der Waals surface area (Å²) in [7, 11) is 1.63. The van der Waals surface area contributed by atoms with Crippen LogP contribution in [-0.4, -0.2) is 76.7 Å². The minimum absolute atomic E-state index is 0.0420. The van der Waals surface area contributed by atoms with Gasteiger partial charge in [0.2, 0.25) is 0 Å². The topological polar surface area (TPSA) is 63.0 Å². The zero-order valence-electron chi connectivity index (χ0n) is 16.5. The first-order chi connectivity index (χ1) is 14.8. The molecule has 31 heavy (non-hydrogen) atoms. The van der Waals surface area contributed by atoms with Crippen molar-refractivity contribution in [3.8, 4) is 10.6 Å². The van der Waals surface area contributed by atoms with Gasteiger partial charge in [0.1, 0.15) is 5.56 Å². The highest BCUT2D eigenvalue weighted by atomic mass is 35.5. The van der Waals surface area contributed by atoms with E-state index in [-0.39, 0.29) is 22.8 Å². The summed E-state index contributed by atoms with van der Waals surface area (Å²) in [6.45, 7) is 3.61. The molecule has 1 amide bonds. The van der Waals surface area contributed by atoms with E-state index in [2.05, 4.69) is 15.0 Å². The van der Waals surface area contributed by atoms with Gasteiger partial charge in [-0.1, -0.05) is 11.6 Å². The maximum Gasteiger partial charge on any atom is 0.433 e. The predicted molar refractivity (Wildman–Crippen MR) is 111 cm³/mol. The number of nitrogens with zero attached hydrogens (tertiary/aromatic N) is 5. The summed E-state index contributed by atoms with van der Waals surface area (Å²) in [6.07, 6.45) is -3.52. The zero-order chi connectivity index (χ0) is 22.2. The van der Waals surface area contributed by atoms with Gasteiger partial charge in [0.05, 0.1) is 27.7 Å². The molecule has 0 unspecified atom stereocenters. The van der Waals surface area contributed by atoms with E-state index in [9.17, 15) is 18.0 Å². The van der Waals surface area contributed by atoms with Crippen LogP contribution in [0.2, 0.25) is 4.34 Å². The Hall–Kier alpha value is -2.21. The van der Waals surface area contributed by atoms with Gasteiger partial charge in [-0.25, -0.2) is 9.50 Å². The molecule has 0 atom stereocenters. The largest absolute Gasteiger partial charge is 0.433 e. The second kappa shape index (κ2) is 8.73. The monoisotopic (exact) mass is 473 g/mol.